The summed E-state index contributed by atoms with van der Waals surface area (Å²) in [6, 6.07) is 25.0. The summed E-state index contributed by atoms with van der Waals surface area (Å²) in [5.74, 6) is 1.07. The van der Waals surface area contributed by atoms with Crippen molar-refractivity contribution in [1.29, 1.82) is 0 Å². The minimum atomic E-state index is -0.334. The fourth-order valence-corrected chi connectivity index (χ4v) is 5.67. The Bertz CT molecular complexity index is 1730. The average Bonchev–Trinajstić information content (AvgIpc) is 3.58. The molecule has 2 aromatic heterocycles. The first-order chi connectivity index (χ1) is 18.6. The highest BCUT2D eigenvalue weighted by atomic mass is 32.1. The van der Waals surface area contributed by atoms with Gasteiger partial charge in [-0.15, -0.1) is 5.10 Å². The molecule has 0 radical (unpaired) electrons. The summed E-state index contributed by atoms with van der Waals surface area (Å²) in [7, 11) is 0. The molecule has 1 aliphatic heterocycles. The van der Waals surface area contributed by atoms with Crippen molar-refractivity contribution in [3.8, 4) is 17.1 Å². The van der Waals surface area contributed by atoms with E-state index in [1.165, 1.54) is 15.9 Å². The number of benzene rings is 3. The van der Waals surface area contributed by atoms with E-state index >= 15 is 0 Å². The third kappa shape index (κ3) is 4.37. The van der Waals surface area contributed by atoms with E-state index in [9.17, 15) is 9.59 Å². The Kier molecular flexibility index (Phi) is 6.47. The van der Waals surface area contributed by atoms with Crippen molar-refractivity contribution in [2.75, 3.05) is 11.5 Å². The van der Waals surface area contributed by atoms with Crippen molar-refractivity contribution >= 4 is 33.5 Å². The Morgan fingerprint density at radius 2 is 1.66 bits per heavy atom. The van der Waals surface area contributed by atoms with Crippen LogP contribution in [0.1, 0.15) is 37.3 Å². The van der Waals surface area contributed by atoms with Crippen LogP contribution in [0.2, 0.25) is 0 Å². The summed E-state index contributed by atoms with van der Waals surface area (Å²) in [4.78, 5) is 33.9. The van der Waals surface area contributed by atoms with Crippen LogP contribution < -0.4 is 19.7 Å². The van der Waals surface area contributed by atoms with E-state index in [1.54, 1.807) is 4.90 Å². The second kappa shape index (κ2) is 10.2. The van der Waals surface area contributed by atoms with Crippen molar-refractivity contribution < 1.29 is 9.53 Å². The van der Waals surface area contributed by atoms with Gasteiger partial charge in [0.1, 0.15) is 10.3 Å². The predicted molar refractivity (Wildman–Crippen MR) is 149 cm³/mol. The molecule has 0 N–H and O–H groups in total. The minimum Gasteiger partial charge on any atom is -0.494 e. The molecule has 1 aliphatic rings. The fraction of sp³-hybridized carbons (Fsp3) is 0.200. The van der Waals surface area contributed by atoms with Crippen LogP contribution in [0.5, 0.6) is 5.75 Å². The zero-order valence-electron chi connectivity index (χ0n) is 21.0. The summed E-state index contributed by atoms with van der Waals surface area (Å²) < 4.78 is 7.44. The fourth-order valence-electron chi connectivity index (χ4n) is 4.67. The van der Waals surface area contributed by atoms with Gasteiger partial charge in [-0.05, 0) is 42.3 Å². The molecule has 6 rings (SSSR count). The van der Waals surface area contributed by atoms with Crippen LogP contribution >= 0.6 is 11.3 Å². The number of hydrogen-bond donors (Lipinski definition) is 0. The number of hydrogen-bond acceptors (Lipinski definition) is 6. The number of unbranched alkanes of at least 4 members (excludes halogenated alkanes) is 2. The van der Waals surface area contributed by atoms with E-state index in [0.717, 1.165) is 47.4 Å². The lowest BCUT2D eigenvalue weighted by Gasteiger charge is -2.17. The largest absolute Gasteiger partial charge is 0.494 e. The van der Waals surface area contributed by atoms with Crippen LogP contribution in [0.15, 0.2) is 83.7 Å². The molecule has 0 aliphatic carbocycles. The van der Waals surface area contributed by atoms with Gasteiger partial charge in [0.2, 0.25) is 4.96 Å². The molecule has 5 aromatic rings. The van der Waals surface area contributed by atoms with Gasteiger partial charge in [0.05, 0.1) is 24.4 Å². The molecular formula is C30H26N4O3S. The molecule has 3 heterocycles. The molecule has 0 bridgehead atoms. The standard InChI is InChI=1S/C30H26N4O3S/c1-2-3-9-18-37-22-16-14-21(15-17-22)27-31-30-34(32-27)29(36)26(38-30)25-23-12-7-8-13-24(23)33(28(25)35)19-20-10-5-4-6-11-20/h4-8,10-17H,2-3,9,18-19H2,1H3. The van der Waals surface area contributed by atoms with Gasteiger partial charge in [-0.2, -0.15) is 9.50 Å². The molecule has 0 atom stereocenters. The van der Waals surface area contributed by atoms with Crippen LogP contribution in [-0.2, 0) is 11.3 Å². The van der Waals surface area contributed by atoms with Gasteiger partial charge in [0.25, 0.3) is 11.5 Å². The number of nitrogens with zero attached hydrogens (tertiary/aromatic N) is 4. The molecule has 190 valence electrons. The van der Waals surface area contributed by atoms with Gasteiger partial charge < -0.3 is 9.64 Å². The molecule has 3 aromatic carbocycles. The SMILES string of the molecule is CCCCCOc1ccc(-c2nc3sc(=C4C(=O)N(Cc5ccccc5)c5ccccc54)c(=O)n3n2)cc1. The molecule has 0 fully saturated rings. The second-order valence-corrected chi connectivity index (χ2v) is 10.2. The van der Waals surface area contributed by atoms with Gasteiger partial charge in [0, 0.05) is 11.1 Å². The zero-order valence-corrected chi connectivity index (χ0v) is 21.8. The quantitative estimate of drug-likeness (QED) is 0.272. The Balaban J connectivity index is 1.34. The predicted octanol–water partition coefficient (Wildman–Crippen LogP) is 4.85. The van der Waals surface area contributed by atoms with Gasteiger partial charge in [-0.25, -0.2) is 0 Å². The molecule has 1 amide bonds. The first-order valence-electron chi connectivity index (χ1n) is 12.8. The Morgan fingerprint density at radius 3 is 2.42 bits per heavy atom. The maximum absolute atomic E-state index is 13.6. The highest BCUT2D eigenvalue weighted by Crippen LogP contribution is 2.36. The lowest BCUT2D eigenvalue weighted by Crippen LogP contribution is -2.32. The number of carbonyl (C=O) groups excluding carboxylic acids is 1. The van der Waals surface area contributed by atoms with Gasteiger partial charge in [-0.1, -0.05) is 79.6 Å². The Hall–Kier alpha value is -4.30. The molecule has 38 heavy (non-hydrogen) atoms. The van der Waals surface area contributed by atoms with E-state index in [2.05, 4.69) is 17.0 Å². The second-order valence-electron chi connectivity index (χ2n) is 9.22. The van der Waals surface area contributed by atoms with Crippen molar-refractivity contribution in [1.82, 2.24) is 14.6 Å². The number of aromatic nitrogens is 3. The molecule has 0 saturated heterocycles. The van der Waals surface area contributed by atoms with Crippen molar-refractivity contribution in [2.24, 2.45) is 0 Å². The number of amides is 1. The number of anilines is 1. The maximum atomic E-state index is 13.6. The topological polar surface area (TPSA) is 76.8 Å². The summed E-state index contributed by atoms with van der Waals surface area (Å²) in [5, 5.41) is 4.48. The summed E-state index contributed by atoms with van der Waals surface area (Å²) in [5.41, 5.74) is 3.44. The number of para-hydroxylation sites is 1. The molecular weight excluding hydrogens is 496 g/mol. The zero-order chi connectivity index (χ0) is 26.1. The van der Waals surface area contributed by atoms with Gasteiger partial charge >= 0.3 is 0 Å². The lowest BCUT2D eigenvalue weighted by atomic mass is 10.1. The summed E-state index contributed by atoms with van der Waals surface area (Å²) in [6.07, 6.45) is 3.33. The van der Waals surface area contributed by atoms with E-state index in [0.29, 0.717) is 34.0 Å². The lowest BCUT2D eigenvalue weighted by molar-refractivity contribution is -0.113. The minimum absolute atomic E-state index is 0.189. The van der Waals surface area contributed by atoms with Crippen LogP contribution in [0, 0.1) is 0 Å². The molecule has 8 heteroatoms. The first kappa shape index (κ1) is 24.1. The van der Waals surface area contributed by atoms with Crippen molar-refractivity contribution in [2.45, 2.75) is 32.7 Å². The molecule has 0 unspecified atom stereocenters. The monoisotopic (exact) mass is 522 g/mol. The highest BCUT2D eigenvalue weighted by Gasteiger charge is 2.34. The van der Waals surface area contributed by atoms with Gasteiger partial charge in [0.15, 0.2) is 5.82 Å². The summed E-state index contributed by atoms with van der Waals surface area (Å²) in [6.45, 7) is 3.28. The van der Waals surface area contributed by atoms with Crippen LogP contribution in [0.3, 0.4) is 0 Å². The van der Waals surface area contributed by atoms with E-state index in [1.807, 2.05) is 78.9 Å². The van der Waals surface area contributed by atoms with E-state index in [-0.39, 0.29) is 11.5 Å². The third-order valence-electron chi connectivity index (χ3n) is 6.62. The van der Waals surface area contributed by atoms with Gasteiger partial charge in [-0.3, -0.25) is 9.59 Å². The number of ether oxygens (including phenoxy) is 1. The normalized spacial score (nSPS) is 14.3. The van der Waals surface area contributed by atoms with E-state index < -0.39 is 0 Å². The molecule has 0 spiro atoms. The highest BCUT2D eigenvalue weighted by molar-refractivity contribution is 7.15. The Labute approximate surface area is 223 Å². The van der Waals surface area contributed by atoms with E-state index in [4.69, 9.17) is 4.74 Å². The smallest absolute Gasteiger partial charge is 0.291 e. The van der Waals surface area contributed by atoms with Crippen LogP contribution in [-0.4, -0.2) is 27.1 Å². The Morgan fingerprint density at radius 1 is 0.895 bits per heavy atom. The number of rotatable bonds is 8. The first-order valence-corrected chi connectivity index (χ1v) is 13.6. The summed E-state index contributed by atoms with van der Waals surface area (Å²) >= 11 is 1.20. The molecule has 7 nitrogen and oxygen atoms in total. The van der Waals surface area contributed by atoms with Crippen molar-refractivity contribution in [3.05, 3.63) is 105 Å². The van der Waals surface area contributed by atoms with Crippen LogP contribution in [0.4, 0.5) is 5.69 Å². The van der Waals surface area contributed by atoms with Crippen molar-refractivity contribution in [3.63, 3.8) is 0 Å². The maximum Gasteiger partial charge on any atom is 0.291 e. The third-order valence-corrected chi connectivity index (χ3v) is 7.65. The van der Waals surface area contributed by atoms with Crippen LogP contribution in [0.25, 0.3) is 21.9 Å². The number of thiazole rings is 1. The number of carbonyl (C=O) groups is 1. The number of fused-ring (bicyclic) bond motifs is 2. The average molecular weight is 523 g/mol. The molecule has 0 saturated carbocycles.